The first-order valence-corrected chi connectivity index (χ1v) is 3.38. The van der Waals surface area contributed by atoms with Crippen molar-refractivity contribution in [2.75, 3.05) is 6.54 Å². The lowest BCUT2D eigenvalue weighted by Gasteiger charge is -2.14. The molecule has 0 saturated carbocycles. The van der Waals surface area contributed by atoms with Gasteiger partial charge in [0.25, 0.3) is 13.0 Å². The van der Waals surface area contributed by atoms with Crippen molar-refractivity contribution in [3.8, 4) is 0 Å². The summed E-state index contributed by atoms with van der Waals surface area (Å²) < 4.78 is 24.6. The van der Waals surface area contributed by atoms with E-state index >= 15 is 0 Å². The Morgan fingerprint density at radius 2 is 2.45 bits per heavy atom. The Morgan fingerprint density at radius 3 is 2.64 bits per heavy atom. The number of aliphatic imine (C=N–C) groups is 1. The number of rotatable bonds is 2. The Labute approximate surface area is 63.3 Å². The molecule has 1 rings (SSSR count). The van der Waals surface area contributed by atoms with E-state index in [2.05, 4.69) is 11.2 Å². The van der Waals surface area contributed by atoms with Crippen molar-refractivity contribution >= 4 is 12.0 Å². The van der Waals surface area contributed by atoms with Gasteiger partial charge in [-0.25, -0.2) is 8.78 Å². The minimum Gasteiger partial charge on any atom is -0.291 e. The Morgan fingerprint density at radius 1 is 1.82 bits per heavy atom. The quantitative estimate of drug-likeness (QED) is 0.579. The van der Waals surface area contributed by atoms with Gasteiger partial charge in [0.15, 0.2) is 5.41 Å². The third-order valence-corrected chi connectivity index (χ3v) is 1.93. The molecule has 0 bridgehead atoms. The highest BCUT2D eigenvalue weighted by molar-refractivity contribution is 6.04. The van der Waals surface area contributed by atoms with E-state index in [1.54, 1.807) is 0 Å². The van der Waals surface area contributed by atoms with E-state index in [-0.39, 0.29) is 13.0 Å². The molecule has 0 aromatic rings. The highest BCUT2D eigenvalue weighted by Gasteiger charge is 2.54. The second kappa shape index (κ2) is 2.68. The number of hydrogen-bond acceptors (Lipinski definition) is 2. The van der Waals surface area contributed by atoms with E-state index in [1.807, 2.05) is 0 Å². The Kier molecular flexibility index (Phi) is 2.02. The summed E-state index contributed by atoms with van der Waals surface area (Å²) >= 11 is 0. The number of hydrogen-bond donors (Lipinski definition) is 0. The highest BCUT2D eigenvalue weighted by Crippen LogP contribution is 2.30. The highest BCUT2D eigenvalue weighted by atomic mass is 19.3. The van der Waals surface area contributed by atoms with Crippen LogP contribution in [0.25, 0.3) is 0 Å². The predicted molar refractivity (Wildman–Crippen MR) is 35.7 cm³/mol. The van der Waals surface area contributed by atoms with Crippen molar-refractivity contribution in [3.05, 3.63) is 0 Å². The Bertz CT molecular complexity index is 203. The maximum absolute atomic E-state index is 12.3. The van der Waals surface area contributed by atoms with Gasteiger partial charge in [0, 0.05) is 4.99 Å². The first-order chi connectivity index (χ1) is 5.13. The Balaban J connectivity index is 2.91. The summed E-state index contributed by atoms with van der Waals surface area (Å²) in [4.78, 5) is 14.4. The zero-order valence-electron chi connectivity index (χ0n) is 6.10. The van der Waals surface area contributed by atoms with Crippen LogP contribution in [0.15, 0.2) is 0 Å². The van der Waals surface area contributed by atoms with E-state index in [1.165, 1.54) is 6.92 Å². The molecular formula is C7H8F2NO+. The lowest BCUT2D eigenvalue weighted by molar-refractivity contribution is -0.129. The molecule has 4 heteroatoms. The number of Topliss-reactive ketones (excluding diaryl/α,β-unsaturated/α-hetero) is 1. The van der Waals surface area contributed by atoms with Crippen LogP contribution in [-0.2, 0) is 4.79 Å². The molecule has 2 nitrogen and oxygen atoms in total. The maximum Gasteiger partial charge on any atom is 0.340 e. The molecule has 1 atom stereocenters. The average molecular weight is 160 g/mol. The fraction of sp³-hybridized carbons (Fsp3) is 0.714. The van der Waals surface area contributed by atoms with Crippen LogP contribution in [0.1, 0.15) is 13.3 Å². The Hall–Kier alpha value is -0.800. The van der Waals surface area contributed by atoms with Crippen molar-refractivity contribution in [2.45, 2.75) is 19.8 Å². The van der Waals surface area contributed by atoms with Gasteiger partial charge in [-0.2, -0.15) is 0 Å². The molecule has 0 fully saturated rings. The number of halogens is 2. The molecule has 0 amide bonds. The van der Waals surface area contributed by atoms with Crippen LogP contribution < -0.4 is 4.99 Å². The van der Waals surface area contributed by atoms with Crippen LogP contribution in [0.5, 0.6) is 0 Å². The maximum atomic E-state index is 12.3. The van der Waals surface area contributed by atoms with Crippen LogP contribution in [0.2, 0.25) is 0 Å². The summed E-state index contributed by atoms with van der Waals surface area (Å²) in [5.74, 6) is -0.519. The summed E-state index contributed by atoms with van der Waals surface area (Å²) in [5, 5.41) is 0. The van der Waals surface area contributed by atoms with Crippen molar-refractivity contribution in [1.82, 2.24) is 4.99 Å². The molecule has 1 unspecified atom stereocenters. The molecule has 0 spiro atoms. The second-order valence-electron chi connectivity index (χ2n) is 2.48. The van der Waals surface area contributed by atoms with Gasteiger partial charge in [0.2, 0.25) is 5.78 Å². The van der Waals surface area contributed by atoms with Gasteiger partial charge < -0.3 is 0 Å². The van der Waals surface area contributed by atoms with Gasteiger partial charge in [-0.3, -0.25) is 4.79 Å². The number of nitrogens with zero attached hydrogens (tertiary/aromatic N) is 1. The third kappa shape index (κ3) is 1.06. The monoisotopic (exact) mass is 160 g/mol. The first-order valence-electron chi connectivity index (χ1n) is 3.38. The molecule has 11 heavy (non-hydrogen) atoms. The normalized spacial score (nSPS) is 30.4. The summed E-state index contributed by atoms with van der Waals surface area (Å²) in [6.45, 7) is 1.40. The van der Waals surface area contributed by atoms with E-state index in [0.29, 0.717) is 0 Å². The number of carbonyl (C=O) groups excluding carboxylic acids is 1. The number of ketones is 1. The van der Waals surface area contributed by atoms with Crippen molar-refractivity contribution in [2.24, 2.45) is 5.41 Å². The zero-order valence-corrected chi connectivity index (χ0v) is 6.10. The van der Waals surface area contributed by atoms with Gasteiger partial charge in [-0.15, -0.1) is 0 Å². The van der Waals surface area contributed by atoms with Crippen LogP contribution in [0, 0.1) is 5.41 Å². The van der Waals surface area contributed by atoms with Gasteiger partial charge in [0.1, 0.15) is 0 Å². The summed E-state index contributed by atoms with van der Waals surface area (Å²) in [5.41, 5.74) is -1.69. The molecular weight excluding hydrogens is 152 g/mol. The van der Waals surface area contributed by atoms with E-state index < -0.39 is 17.6 Å². The summed E-state index contributed by atoms with van der Waals surface area (Å²) in [6.07, 6.45) is -0.404. The van der Waals surface area contributed by atoms with Gasteiger partial charge in [-0.05, 0) is 6.42 Å². The lowest BCUT2D eigenvalue weighted by atomic mass is 9.84. The molecule has 1 heterocycles. The number of alkyl halides is 2. The minimum absolute atomic E-state index is 0.0764. The fourth-order valence-corrected chi connectivity index (χ4v) is 1.06. The van der Waals surface area contributed by atoms with Gasteiger partial charge >= 0.3 is 6.21 Å². The fourth-order valence-electron chi connectivity index (χ4n) is 1.06. The van der Waals surface area contributed by atoms with Crippen LogP contribution in [-0.4, -0.2) is 25.0 Å². The summed E-state index contributed by atoms with van der Waals surface area (Å²) in [6, 6.07) is 0. The van der Waals surface area contributed by atoms with E-state index in [0.717, 1.165) is 0 Å². The van der Waals surface area contributed by atoms with Crippen molar-refractivity contribution < 1.29 is 13.6 Å². The molecule has 1 aliphatic rings. The second-order valence-corrected chi connectivity index (χ2v) is 2.48. The van der Waals surface area contributed by atoms with Crippen LogP contribution in [0.4, 0.5) is 8.78 Å². The van der Waals surface area contributed by atoms with Gasteiger partial charge in [-0.1, -0.05) is 6.92 Å². The topological polar surface area (TPSA) is 31.2 Å². The smallest absolute Gasteiger partial charge is 0.291 e. The molecule has 0 aromatic heterocycles. The predicted octanol–water partition coefficient (Wildman–Crippen LogP) is 0.514. The standard InChI is InChI=1S/C7H8F2NO/c1-2-7(6(8)9)4-10-3-5(7)11/h6H,2-3H2,1H3/q+1. The molecule has 0 N–H and O–H groups in total. The number of carbonyl (C=O) groups is 1. The SMILES string of the molecule is CCC1(C(F)F)[C]=[N+]CC1=O. The summed E-state index contributed by atoms with van der Waals surface area (Å²) in [7, 11) is 0. The van der Waals surface area contributed by atoms with Gasteiger partial charge in [0.05, 0.1) is 0 Å². The third-order valence-electron chi connectivity index (χ3n) is 1.93. The molecule has 2 radical (unpaired) electrons. The first kappa shape index (κ1) is 8.30. The van der Waals surface area contributed by atoms with Crippen LogP contribution in [0.3, 0.4) is 0 Å². The molecule has 0 aliphatic carbocycles. The van der Waals surface area contributed by atoms with E-state index in [9.17, 15) is 13.6 Å². The molecule has 1 aliphatic heterocycles. The molecule has 60 valence electrons. The average Bonchev–Trinajstić information content (AvgIpc) is 2.32. The zero-order chi connectivity index (χ0) is 8.48. The van der Waals surface area contributed by atoms with Crippen molar-refractivity contribution in [3.63, 3.8) is 0 Å². The van der Waals surface area contributed by atoms with Crippen LogP contribution >= 0.6 is 0 Å². The minimum atomic E-state index is -2.67. The van der Waals surface area contributed by atoms with Crippen molar-refractivity contribution in [1.29, 1.82) is 0 Å². The lowest BCUT2D eigenvalue weighted by Crippen LogP contribution is -2.36. The van der Waals surface area contributed by atoms with E-state index in [4.69, 9.17) is 0 Å². The molecule has 0 saturated heterocycles. The molecule has 0 aromatic carbocycles. The largest absolute Gasteiger partial charge is 0.340 e.